The molecular weight excluding hydrogens is 308 g/mol. The molecule has 2 aromatic rings. The molecule has 132 valence electrons. The predicted octanol–water partition coefficient (Wildman–Crippen LogP) is 3.83. The zero-order valence-corrected chi connectivity index (χ0v) is 15.3. The lowest BCUT2D eigenvalue weighted by atomic mass is 9.96. The Bertz CT molecular complexity index is 708. The molecule has 0 saturated carbocycles. The SMILES string of the molecule is Cc1ccc(CNC(=O)C2CCCN(Cc3ccccc3C)C2)cc1. The lowest BCUT2D eigenvalue weighted by Crippen LogP contribution is -2.42. The van der Waals surface area contributed by atoms with Crippen LogP contribution in [0.4, 0.5) is 0 Å². The third-order valence-electron chi connectivity index (χ3n) is 5.12. The van der Waals surface area contributed by atoms with Crippen LogP contribution in [-0.2, 0) is 17.9 Å². The number of benzene rings is 2. The third-order valence-corrected chi connectivity index (χ3v) is 5.12. The van der Waals surface area contributed by atoms with Crippen molar-refractivity contribution in [1.29, 1.82) is 0 Å². The molecule has 1 aliphatic rings. The predicted molar refractivity (Wildman–Crippen MR) is 102 cm³/mol. The van der Waals surface area contributed by atoms with Crippen LogP contribution in [0.3, 0.4) is 0 Å². The van der Waals surface area contributed by atoms with Crippen LogP contribution >= 0.6 is 0 Å². The molecule has 3 rings (SSSR count). The molecule has 0 bridgehead atoms. The van der Waals surface area contributed by atoms with Gasteiger partial charge in [0, 0.05) is 19.6 Å². The molecule has 0 radical (unpaired) electrons. The highest BCUT2D eigenvalue weighted by atomic mass is 16.1. The number of carbonyl (C=O) groups is 1. The van der Waals surface area contributed by atoms with Crippen LogP contribution in [0.2, 0.25) is 0 Å². The molecular formula is C22H28N2O. The van der Waals surface area contributed by atoms with E-state index in [1.165, 1.54) is 16.7 Å². The van der Waals surface area contributed by atoms with E-state index in [1.54, 1.807) is 0 Å². The van der Waals surface area contributed by atoms with Gasteiger partial charge >= 0.3 is 0 Å². The molecule has 1 fully saturated rings. The average molecular weight is 336 g/mol. The van der Waals surface area contributed by atoms with Gasteiger partial charge in [0.2, 0.25) is 5.91 Å². The minimum Gasteiger partial charge on any atom is -0.352 e. The van der Waals surface area contributed by atoms with Gasteiger partial charge in [-0.05, 0) is 49.9 Å². The molecule has 0 aromatic heterocycles. The number of likely N-dealkylation sites (tertiary alicyclic amines) is 1. The molecule has 1 saturated heterocycles. The Morgan fingerprint density at radius 3 is 2.64 bits per heavy atom. The average Bonchev–Trinajstić information content (AvgIpc) is 2.63. The van der Waals surface area contributed by atoms with Crippen molar-refractivity contribution in [2.45, 2.75) is 39.8 Å². The number of aryl methyl sites for hydroxylation is 2. The summed E-state index contributed by atoms with van der Waals surface area (Å²) in [7, 11) is 0. The van der Waals surface area contributed by atoms with E-state index in [2.05, 4.69) is 72.6 Å². The fourth-order valence-electron chi connectivity index (χ4n) is 3.48. The van der Waals surface area contributed by atoms with E-state index in [9.17, 15) is 4.79 Å². The first kappa shape index (κ1) is 17.7. The number of carbonyl (C=O) groups excluding carboxylic acids is 1. The van der Waals surface area contributed by atoms with Crippen LogP contribution < -0.4 is 5.32 Å². The quantitative estimate of drug-likeness (QED) is 0.900. The van der Waals surface area contributed by atoms with Gasteiger partial charge in [-0.3, -0.25) is 9.69 Å². The van der Waals surface area contributed by atoms with Crippen LogP contribution in [0.15, 0.2) is 48.5 Å². The second-order valence-corrected chi connectivity index (χ2v) is 7.20. The van der Waals surface area contributed by atoms with Gasteiger partial charge in [0.15, 0.2) is 0 Å². The lowest BCUT2D eigenvalue weighted by Gasteiger charge is -2.32. The number of nitrogens with zero attached hydrogens (tertiary/aromatic N) is 1. The summed E-state index contributed by atoms with van der Waals surface area (Å²) < 4.78 is 0. The monoisotopic (exact) mass is 336 g/mol. The van der Waals surface area contributed by atoms with E-state index in [-0.39, 0.29) is 11.8 Å². The Morgan fingerprint density at radius 2 is 1.88 bits per heavy atom. The molecule has 1 heterocycles. The van der Waals surface area contributed by atoms with E-state index in [0.29, 0.717) is 6.54 Å². The van der Waals surface area contributed by atoms with Gasteiger partial charge in [0.1, 0.15) is 0 Å². The smallest absolute Gasteiger partial charge is 0.224 e. The minimum atomic E-state index is 0.100. The Labute approximate surface area is 151 Å². The molecule has 1 N–H and O–H groups in total. The number of rotatable bonds is 5. The maximum absolute atomic E-state index is 12.6. The Morgan fingerprint density at radius 1 is 1.12 bits per heavy atom. The molecule has 1 amide bonds. The van der Waals surface area contributed by atoms with Crippen LogP contribution in [0.25, 0.3) is 0 Å². The third kappa shape index (κ3) is 4.93. The maximum Gasteiger partial charge on any atom is 0.224 e. The number of nitrogens with one attached hydrogen (secondary N) is 1. The van der Waals surface area contributed by atoms with Crippen molar-refractivity contribution in [2.75, 3.05) is 13.1 Å². The summed E-state index contributed by atoms with van der Waals surface area (Å²) in [5.74, 6) is 0.290. The Kier molecular flexibility index (Phi) is 5.87. The number of hydrogen-bond acceptors (Lipinski definition) is 2. The molecule has 0 spiro atoms. The summed E-state index contributed by atoms with van der Waals surface area (Å²) in [6.45, 7) is 7.73. The first-order valence-electron chi connectivity index (χ1n) is 9.22. The summed E-state index contributed by atoms with van der Waals surface area (Å²) >= 11 is 0. The molecule has 2 aromatic carbocycles. The van der Waals surface area contributed by atoms with Crippen LogP contribution in [0.5, 0.6) is 0 Å². The van der Waals surface area contributed by atoms with Crippen molar-refractivity contribution in [1.82, 2.24) is 10.2 Å². The first-order chi connectivity index (χ1) is 12.1. The molecule has 1 atom stereocenters. The van der Waals surface area contributed by atoms with Gasteiger partial charge < -0.3 is 5.32 Å². The topological polar surface area (TPSA) is 32.3 Å². The highest BCUT2D eigenvalue weighted by Gasteiger charge is 2.25. The largest absolute Gasteiger partial charge is 0.352 e. The van der Waals surface area contributed by atoms with Crippen molar-refractivity contribution < 1.29 is 4.79 Å². The molecule has 0 aliphatic carbocycles. The van der Waals surface area contributed by atoms with Gasteiger partial charge in [-0.25, -0.2) is 0 Å². The standard InChI is InChI=1S/C22H28N2O/c1-17-9-11-19(12-10-17)14-23-22(25)21-8-5-13-24(16-21)15-20-7-4-3-6-18(20)2/h3-4,6-7,9-12,21H,5,8,13-16H2,1-2H3,(H,23,25). The normalized spacial score (nSPS) is 18.1. The number of hydrogen-bond donors (Lipinski definition) is 1. The van der Waals surface area contributed by atoms with Crippen LogP contribution in [0, 0.1) is 19.8 Å². The van der Waals surface area contributed by atoms with Crippen molar-refractivity contribution in [3.05, 3.63) is 70.8 Å². The van der Waals surface area contributed by atoms with E-state index >= 15 is 0 Å². The fraction of sp³-hybridized carbons (Fsp3) is 0.409. The summed E-state index contributed by atoms with van der Waals surface area (Å²) in [5.41, 5.74) is 5.09. The molecule has 25 heavy (non-hydrogen) atoms. The number of piperidine rings is 1. The zero-order chi connectivity index (χ0) is 17.6. The highest BCUT2D eigenvalue weighted by Crippen LogP contribution is 2.20. The summed E-state index contributed by atoms with van der Waals surface area (Å²) in [6.07, 6.45) is 2.08. The van der Waals surface area contributed by atoms with Gasteiger partial charge in [-0.2, -0.15) is 0 Å². The van der Waals surface area contributed by atoms with Crippen molar-refractivity contribution in [3.63, 3.8) is 0 Å². The van der Waals surface area contributed by atoms with E-state index < -0.39 is 0 Å². The zero-order valence-electron chi connectivity index (χ0n) is 15.3. The van der Waals surface area contributed by atoms with Gasteiger partial charge in [-0.1, -0.05) is 54.1 Å². The van der Waals surface area contributed by atoms with Gasteiger partial charge in [0.25, 0.3) is 0 Å². The maximum atomic E-state index is 12.6. The molecule has 3 nitrogen and oxygen atoms in total. The van der Waals surface area contributed by atoms with Crippen molar-refractivity contribution in [2.24, 2.45) is 5.92 Å². The Hall–Kier alpha value is -2.13. The van der Waals surface area contributed by atoms with Gasteiger partial charge in [-0.15, -0.1) is 0 Å². The lowest BCUT2D eigenvalue weighted by molar-refractivity contribution is -0.126. The number of amides is 1. The van der Waals surface area contributed by atoms with E-state index in [0.717, 1.165) is 38.0 Å². The van der Waals surface area contributed by atoms with E-state index in [1.807, 2.05) is 0 Å². The molecule has 3 heteroatoms. The van der Waals surface area contributed by atoms with Crippen LogP contribution in [-0.4, -0.2) is 23.9 Å². The minimum absolute atomic E-state index is 0.100. The molecule has 1 unspecified atom stereocenters. The second-order valence-electron chi connectivity index (χ2n) is 7.20. The van der Waals surface area contributed by atoms with Crippen molar-refractivity contribution in [3.8, 4) is 0 Å². The summed E-state index contributed by atoms with van der Waals surface area (Å²) in [4.78, 5) is 15.0. The van der Waals surface area contributed by atoms with Crippen LogP contribution in [0.1, 0.15) is 35.1 Å². The summed E-state index contributed by atoms with van der Waals surface area (Å²) in [6, 6.07) is 16.9. The second kappa shape index (κ2) is 8.30. The summed E-state index contributed by atoms with van der Waals surface area (Å²) in [5, 5.41) is 3.12. The van der Waals surface area contributed by atoms with Gasteiger partial charge in [0.05, 0.1) is 5.92 Å². The highest BCUT2D eigenvalue weighted by molar-refractivity contribution is 5.79. The van der Waals surface area contributed by atoms with E-state index in [4.69, 9.17) is 0 Å². The fourth-order valence-corrected chi connectivity index (χ4v) is 3.48. The Balaban J connectivity index is 1.52. The first-order valence-corrected chi connectivity index (χ1v) is 9.22. The molecule has 1 aliphatic heterocycles. The van der Waals surface area contributed by atoms with Crippen molar-refractivity contribution >= 4 is 5.91 Å².